The number of hydrogen-bond donors (Lipinski definition) is 0. The first-order valence-electron chi connectivity index (χ1n) is 5.41. The molecule has 4 nitrogen and oxygen atoms in total. The van der Waals surface area contributed by atoms with Crippen LogP contribution in [0.15, 0.2) is 24.3 Å². The lowest BCUT2D eigenvalue weighted by molar-refractivity contribution is 0.102. The van der Waals surface area contributed by atoms with Crippen molar-refractivity contribution >= 4 is 5.78 Å². The molecule has 0 aliphatic carbocycles. The Hall–Kier alpha value is -2.37. The van der Waals surface area contributed by atoms with Crippen LogP contribution in [0.3, 0.4) is 0 Å². The van der Waals surface area contributed by atoms with Crippen molar-refractivity contribution in [2.75, 3.05) is 7.11 Å². The SMILES string of the molecule is COc1ccc(C(=O)c2c(F)ccc(C)c2F)nn1. The fraction of sp³-hybridized carbons (Fsp3) is 0.154. The largest absolute Gasteiger partial charge is 0.480 e. The van der Waals surface area contributed by atoms with Gasteiger partial charge in [0, 0.05) is 6.07 Å². The van der Waals surface area contributed by atoms with E-state index in [4.69, 9.17) is 4.74 Å². The summed E-state index contributed by atoms with van der Waals surface area (Å²) >= 11 is 0. The van der Waals surface area contributed by atoms with Gasteiger partial charge in [-0.1, -0.05) is 6.07 Å². The van der Waals surface area contributed by atoms with E-state index < -0.39 is 23.0 Å². The summed E-state index contributed by atoms with van der Waals surface area (Å²) in [5, 5.41) is 7.17. The average molecular weight is 264 g/mol. The van der Waals surface area contributed by atoms with Crippen LogP contribution >= 0.6 is 0 Å². The maximum absolute atomic E-state index is 13.8. The highest BCUT2D eigenvalue weighted by Gasteiger charge is 2.21. The van der Waals surface area contributed by atoms with Gasteiger partial charge < -0.3 is 4.74 Å². The molecule has 98 valence electrons. The fourth-order valence-electron chi connectivity index (χ4n) is 1.54. The lowest BCUT2D eigenvalue weighted by Crippen LogP contribution is -2.11. The standard InChI is InChI=1S/C13H10F2N2O2/c1-7-3-4-8(14)11(12(7)15)13(18)9-5-6-10(19-2)17-16-9/h3-6H,1-2H3. The molecule has 0 aliphatic heterocycles. The number of aryl methyl sites for hydroxylation is 1. The molecule has 19 heavy (non-hydrogen) atoms. The van der Waals surface area contributed by atoms with Gasteiger partial charge in [-0.05, 0) is 24.6 Å². The molecule has 0 fully saturated rings. The van der Waals surface area contributed by atoms with Gasteiger partial charge in [0.25, 0.3) is 0 Å². The molecule has 0 atom stereocenters. The normalized spacial score (nSPS) is 10.3. The van der Waals surface area contributed by atoms with Crippen LogP contribution in [0.4, 0.5) is 8.78 Å². The Morgan fingerprint density at radius 3 is 2.47 bits per heavy atom. The topological polar surface area (TPSA) is 52.1 Å². The van der Waals surface area contributed by atoms with E-state index >= 15 is 0 Å². The molecule has 0 saturated heterocycles. The van der Waals surface area contributed by atoms with Gasteiger partial charge in [-0.3, -0.25) is 4.79 Å². The smallest absolute Gasteiger partial charge is 0.233 e. The number of nitrogens with zero attached hydrogens (tertiary/aromatic N) is 2. The molecule has 1 heterocycles. The Bertz CT molecular complexity index is 627. The number of carbonyl (C=O) groups is 1. The molecule has 2 rings (SSSR count). The maximum atomic E-state index is 13.8. The molecule has 0 radical (unpaired) electrons. The first-order chi connectivity index (χ1) is 9.04. The van der Waals surface area contributed by atoms with Gasteiger partial charge in [0.15, 0.2) is 0 Å². The van der Waals surface area contributed by atoms with Crippen molar-refractivity contribution in [3.05, 3.63) is 52.7 Å². The third kappa shape index (κ3) is 2.42. The summed E-state index contributed by atoms with van der Waals surface area (Å²) in [5.74, 6) is -2.45. The molecule has 0 N–H and O–H groups in total. The van der Waals surface area contributed by atoms with Gasteiger partial charge in [-0.15, -0.1) is 10.2 Å². The molecule has 6 heteroatoms. The average Bonchev–Trinajstić information content (AvgIpc) is 2.43. The predicted octanol–water partition coefficient (Wildman–Crippen LogP) is 2.30. The predicted molar refractivity (Wildman–Crippen MR) is 63.1 cm³/mol. The molecule has 0 spiro atoms. The van der Waals surface area contributed by atoms with E-state index in [0.717, 1.165) is 6.07 Å². The van der Waals surface area contributed by atoms with Crippen LogP contribution in [-0.2, 0) is 0 Å². The highest BCUT2D eigenvalue weighted by Crippen LogP contribution is 2.19. The minimum atomic E-state index is -0.925. The molecule has 1 aromatic heterocycles. The molecular formula is C13H10F2N2O2. The quantitative estimate of drug-likeness (QED) is 0.798. The lowest BCUT2D eigenvalue weighted by Gasteiger charge is -2.06. The van der Waals surface area contributed by atoms with Gasteiger partial charge in [0.05, 0.1) is 12.7 Å². The number of carbonyl (C=O) groups excluding carboxylic acids is 1. The summed E-state index contributed by atoms with van der Waals surface area (Å²) in [5.41, 5.74) is -0.588. The van der Waals surface area contributed by atoms with Crippen molar-refractivity contribution in [1.82, 2.24) is 10.2 Å². The minimum absolute atomic E-state index is 0.149. The summed E-state index contributed by atoms with van der Waals surface area (Å²) in [6.07, 6.45) is 0. The van der Waals surface area contributed by atoms with Crippen molar-refractivity contribution in [3.63, 3.8) is 0 Å². The van der Waals surface area contributed by atoms with E-state index in [1.807, 2.05) is 0 Å². The number of aromatic nitrogens is 2. The zero-order valence-electron chi connectivity index (χ0n) is 10.3. The number of hydrogen-bond acceptors (Lipinski definition) is 4. The second-order valence-corrected chi connectivity index (χ2v) is 3.84. The summed E-state index contributed by atoms with van der Waals surface area (Å²) in [6.45, 7) is 1.45. The zero-order chi connectivity index (χ0) is 14.0. The van der Waals surface area contributed by atoms with E-state index in [-0.39, 0.29) is 17.1 Å². The fourth-order valence-corrected chi connectivity index (χ4v) is 1.54. The molecule has 0 unspecified atom stereocenters. The van der Waals surface area contributed by atoms with Crippen molar-refractivity contribution < 1.29 is 18.3 Å². The van der Waals surface area contributed by atoms with Crippen molar-refractivity contribution in [3.8, 4) is 5.88 Å². The number of methoxy groups -OCH3 is 1. The number of ketones is 1. The Kier molecular flexibility index (Phi) is 3.50. The van der Waals surface area contributed by atoms with Crippen LogP contribution in [-0.4, -0.2) is 23.1 Å². The number of halogens is 2. The molecular weight excluding hydrogens is 254 g/mol. The minimum Gasteiger partial charge on any atom is -0.480 e. The monoisotopic (exact) mass is 264 g/mol. The summed E-state index contributed by atoms with van der Waals surface area (Å²) in [6, 6.07) is 5.00. The van der Waals surface area contributed by atoms with E-state index in [1.54, 1.807) is 0 Å². The van der Waals surface area contributed by atoms with Gasteiger partial charge in [0.1, 0.15) is 17.3 Å². The van der Waals surface area contributed by atoms with Crippen LogP contribution in [0.2, 0.25) is 0 Å². The highest BCUT2D eigenvalue weighted by atomic mass is 19.1. The molecule has 0 saturated carbocycles. The van der Waals surface area contributed by atoms with E-state index in [0.29, 0.717) is 0 Å². The highest BCUT2D eigenvalue weighted by molar-refractivity contribution is 6.08. The first kappa shape index (κ1) is 13.1. The van der Waals surface area contributed by atoms with Gasteiger partial charge in [-0.25, -0.2) is 8.78 Å². The lowest BCUT2D eigenvalue weighted by atomic mass is 10.0. The van der Waals surface area contributed by atoms with Gasteiger partial charge >= 0.3 is 0 Å². The Labute approximate surface area is 108 Å². The third-order valence-corrected chi connectivity index (χ3v) is 2.59. The van der Waals surface area contributed by atoms with Crippen LogP contribution in [0.5, 0.6) is 5.88 Å². The molecule has 2 aromatic rings. The van der Waals surface area contributed by atoms with Gasteiger partial charge in [0.2, 0.25) is 11.7 Å². The Morgan fingerprint density at radius 2 is 1.89 bits per heavy atom. The summed E-state index contributed by atoms with van der Waals surface area (Å²) in [7, 11) is 1.39. The van der Waals surface area contributed by atoms with Crippen molar-refractivity contribution in [2.24, 2.45) is 0 Å². The number of ether oxygens (including phenoxy) is 1. The summed E-state index contributed by atoms with van der Waals surface area (Å²) < 4.78 is 32.2. The molecule has 0 aliphatic rings. The third-order valence-electron chi connectivity index (χ3n) is 2.59. The molecule has 0 amide bonds. The van der Waals surface area contributed by atoms with Crippen LogP contribution in [0, 0.1) is 18.6 Å². The van der Waals surface area contributed by atoms with Crippen LogP contribution < -0.4 is 4.74 Å². The van der Waals surface area contributed by atoms with E-state index in [2.05, 4.69) is 10.2 Å². The number of benzene rings is 1. The molecule has 1 aromatic carbocycles. The van der Waals surface area contributed by atoms with E-state index in [9.17, 15) is 13.6 Å². The summed E-state index contributed by atoms with van der Waals surface area (Å²) in [4.78, 5) is 12.0. The second kappa shape index (κ2) is 5.09. The maximum Gasteiger partial charge on any atom is 0.233 e. The Balaban J connectivity index is 2.46. The van der Waals surface area contributed by atoms with Gasteiger partial charge in [-0.2, -0.15) is 0 Å². The molecule has 0 bridgehead atoms. The van der Waals surface area contributed by atoms with Crippen LogP contribution in [0.25, 0.3) is 0 Å². The van der Waals surface area contributed by atoms with Crippen LogP contribution in [0.1, 0.15) is 21.6 Å². The number of rotatable bonds is 3. The first-order valence-corrected chi connectivity index (χ1v) is 5.41. The Morgan fingerprint density at radius 1 is 1.16 bits per heavy atom. The second-order valence-electron chi connectivity index (χ2n) is 3.84. The van der Waals surface area contributed by atoms with Crippen molar-refractivity contribution in [2.45, 2.75) is 6.92 Å². The van der Waals surface area contributed by atoms with E-state index in [1.165, 1.54) is 32.2 Å². The van der Waals surface area contributed by atoms with Crippen molar-refractivity contribution in [1.29, 1.82) is 0 Å². The zero-order valence-corrected chi connectivity index (χ0v) is 10.3.